The van der Waals surface area contributed by atoms with Crippen LogP contribution >= 0.6 is 23.5 Å². The van der Waals surface area contributed by atoms with E-state index < -0.39 is 11.9 Å². The Morgan fingerprint density at radius 3 is 2.26 bits per heavy atom. The maximum atomic E-state index is 11.9. The summed E-state index contributed by atoms with van der Waals surface area (Å²) in [5.74, 6) is -1.07. The molecule has 1 aromatic carbocycles. The summed E-state index contributed by atoms with van der Waals surface area (Å²) in [5.41, 5.74) is 3.36. The van der Waals surface area contributed by atoms with Gasteiger partial charge in [0.1, 0.15) is 9.81 Å². The maximum Gasteiger partial charge on any atom is 0.346 e. The molecule has 1 aromatic rings. The van der Waals surface area contributed by atoms with E-state index in [1.807, 2.05) is 24.3 Å². The highest BCUT2D eigenvalue weighted by Crippen LogP contribution is 2.50. The van der Waals surface area contributed by atoms with Crippen LogP contribution in [0.1, 0.15) is 12.5 Å². The van der Waals surface area contributed by atoms with Crippen molar-refractivity contribution < 1.29 is 19.1 Å². The molecule has 0 unspecified atom stereocenters. The van der Waals surface area contributed by atoms with Gasteiger partial charge in [0, 0.05) is 24.0 Å². The van der Waals surface area contributed by atoms with Crippen LogP contribution in [0.4, 0.5) is 5.69 Å². The monoisotopic (exact) mass is 401 g/mol. The molecule has 2 heterocycles. The lowest BCUT2D eigenvalue weighted by molar-refractivity contribution is -0.138. The Morgan fingerprint density at radius 1 is 1.04 bits per heavy atom. The highest BCUT2D eigenvalue weighted by molar-refractivity contribution is 8.29. The third-order valence-electron chi connectivity index (χ3n) is 4.05. The van der Waals surface area contributed by atoms with Gasteiger partial charge in [-0.15, -0.1) is 0 Å². The van der Waals surface area contributed by atoms with E-state index in [4.69, 9.17) is 9.47 Å². The summed E-state index contributed by atoms with van der Waals surface area (Å²) in [6.45, 7) is 3.00. The zero-order valence-electron chi connectivity index (χ0n) is 15.2. The number of carbonyl (C=O) groups is 2. The van der Waals surface area contributed by atoms with Crippen molar-refractivity contribution in [3.63, 3.8) is 0 Å². The van der Waals surface area contributed by atoms with Gasteiger partial charge in [0.05, 0.1) is 18.5 Å². The first-order valence-corrected chi connectivity index (χ1v) is 9.95. The first-order valence-electron chi connectivity index (χ1n) is 8.31. The number of methoxy groups -OCH3 is 2. The first kappa shape index (κ1) is 19.4. The number of para-hydroxylation sites is 1. The van der Waals surface area contributed by atoms with Gasteiger partial charge >= 0.3 is 11.9 Å². The zero-order chi connectivity index (χ0) is 19.4. The third kappa shape index (κ3) is 3.99. The van der Waals surface area contributed by atoms with Gasteiger partial charge in [-0.25, -0.2) is 9.59 Å². The number of esters is 2. The molecule has 27 heavy (non-hydrogen) atoms. The molecule has 5 nitrogen and oxygen atoms in total. The number of rotatable bonds is 4. The quantitative estimate of drug-likeness (QED) is 0.697. The number of benzene rings is 1. The van der Waals surface area contributed by atoms with Crippen molar-refractivity contribution in [3.8, 4) is 0 Å². The van der Waals surface area contributed by atoms with E-state index in [1.165, 1.54) is 37.7 Å². The van der Waals surface area contributed by atoms with Gasteiger partial charge in [-0.3, -0.25) is 0 Å². The molecule has 2 aliphatic rings. The summed E-state index contributed by atoms with van der Waals surface area (Å²) >= 11 is 2.44. The zero-order valence-corrected chi connectivity index (χ0v) is 16.9. The van der Waals surface area contributed by atoms with Crippen LogP contribution in [0, 0.1) is 0 Å². The Kier molecular flexibility index (Phi) is 6.13. The van der Waals surface area contributed by atoms with E-state index in [1.54, 1.807) is 0 Å². The van der Waals surface area contributed by atoms with Gasteiger partial charge in [-0.1, -0.05) is 47.8 Å². The number of allylic oxidation sites excluding steroid dienone is 4. The van der Waals surface area contributed by atoms with E-state index in [0.29, 0.717) is 0 Å². The van der Waals surface area contributed by atoms with Crippen LogP contribution in [0.3, 0.4) is 0 Å². The van der Waals surface area contributed by atoms with Crippen LogP contribution in [0.15, 0.2) is 62.7 Å². The van der Waals surface area contributed by atoms with Crippen molar-refractivity contribution in [2.24, 2.45) is 0 Å². The summed E-state index contributed by atoms with van der Waals surface area (Å²) in [4.78, 5) is 26.6. The Bertz CT molecular complexity index is 869. The molecule has 140 valence electrons. The molecule has 7 heteroatoms. The lowest BCUT2D eigenvalue weighted by Crippen LogP contribution is -2.18. The average Bonchev–Trinajstić information content (AvgIpc) is 3.15. The average molecular weight is 402 g/mol. The van der Waals surface area contributed by atoms with Gasteiger partial charge in [-0.05, 0) is 30.7 Å². The number of carbonyl (C=O) groups excluding carboxylic acids is 2. The molecule has 0 radical (unpaired) electrons. The van der Waals surface area contributed by atoms with Crippen molar-refractivity contribution in [1.82, 2.24) is 0 Å². The maximum absolute atomic E-state index is 11.9. The number of thioether (sulfide) groups is 2. The Morgan fingerprint density at radius 2 is 1.67 bits per heavy atom. The van der Waals surface area contributed by atoms with Crippen LogP contribution in [0.5, 0.6) is 0 Å². The van der Waals surface area contributed by atoms with Crippen LogP contribution in [0.2, 0.25) is 0 Å². The van der Waals surface area contributed by atoms with Gasteiger partial charge < -0.3 is 14.4 Å². The molecule has 0 N–H and O–H groups in total. The molecule has 0 aromatic heterocycles. The van der Waals surface area contributed by atoms with Gasteiger partial charge in [0.2, 0.25) is 0 Å². The molecular weight excluding hydrogens is 382 g/mol. The van der Waals surface area contributed by atoms with E-state index in [9.17, 15) is 9.59 Å². The summed E-state index contributed by atoms with van der Waals surface area (Å²) < 4.78 is 10.4. The minimum Gasteiger partial charge on any atom is -0.465 e. The van der Waals surface area contributed by atoms with Gasteiger partial charge in [0.25, 0.3) is 0 Å². The van der Waals surface area contributed by atoms with Crippen LogP contribution < -0.4 is 4.90 Å². The summed E-state index contributed by atoms with van der Waals surface area (Å²) in [7, 11) is 2.59. The fraction of sp³-hybridized carbons (Fsp3) is 0.200. The number of fused-ring (bicyclic) bond motifs is 1. The normalized spacial score (nSPS) is 17.2. The fourth-order valence-electron chi connectivity index (χ4n) is 2.72. The number of ether oxygens (including phenoxy) is 2. The number of hydrogen-bond acceptors (Lipinski definition) is 7. The smallest absolute Gasteiger partial charge is 0.346 e. The van der Waals surface area contributed by atoms with Gasteiger partial charge in [0.15, 0.2) is 0 Å². The third-order valence-corrected chi connectivity index (χ3v) is 6.50. The molecule has 3 rings (SSSR count). The summed E-state index contributed by atoms with van der Waals surface area (Å²) in [5, 5.41) is 0. The molecule has 0 atom stereocenters. The number of anilines is 1. The van der Waals surface area contributed by atoms with Crippen molar-refractivity contribution in [2.75, 3.05) is 25.7 Å². The largest absolute Gasteiger partial charge is 0.465 e. The lowest BCUT2D eigenvalue weighted by Gasteiger charge is -2.26. The summed E-state index contributed by atoms with van der Waals surface area (Å²) in [6, 6.07) is 8.21. The Hall–Kier alpha value is -2.38. The highest BCUT2D eigenvalue weighted by atomic mass is 32.2. The topological polar surface area (TPSA) is 55.8 Å². The van der Waals surface area contributed by atoms with Crippen LogP contribution in [-0.4, -0.2) is 32.7 Å². The molecule has 0 saturated heterocycles. The predicted octanol–water partition coefficient (Wildman–Crippen LogP) is 4.30. The lowest BCUT2D eigenvalue weighted by atomic mass is 10.00. The second-order valence-electron chi connectivity index (χ2n) is 5.57. The second kappa shape index (κ2) is 8.54. The molecule has 0 bridgehead atoms. The van der Waals surface area contributed by atoms with E-state index in [2.05, 4.69) is 36.2 Å². The molecule has 2 aliphatic heterocycles. The predicted molar refractivity (Wildman–Crippen MR) is 111 cm³/mol. The van der Waals surface area contributed by atoms with E-state index >= 15 is 0 Å². The molecule has 0 fully saturated rings. The first-order chi connectivity index (χ1) is 13.1. The Balaban J connectivity index is 1.89. The molecular formula is C20H19NO4S2. The van der Waals surface area contributed by atoms with E-state index in [-0.39, 0.29) is 9.81 Å². The number of hydrogen-bond donors (Lipinski definition) is 0. The van der Waals surface area contributed by atoms with Crippen molar-refractivity contribution in [2.45, 2.75) is 6.92 Å². The van der Waals surface area contributed by atoms with E-state index in [0.717, 1.165) is 27.6 Å². The molecule has 0 saturated carbocycles. The van der Waals surface area contributed by atoms with Gasteiger partial charge in [-0.2, -0.15) is 0 Å². The number of nitrogens with zero attached hydrogens (tertiary/aromatic N) is 1. The molecule has 0 aliphatic carbocycles. The highest BCUT2D eigenvalue weighted by Gasteiger charge is 2.32. The minimum absolute atomic E-state index is 0.260. The Labute approximate surface area is 166 Å². The van der Waals surface area contributed by atoms with Crippen LogP contribution in [0.25, 0.3) is 5.57 Å². The minimum atomic E-state index is -0.537. The van der Waals surface area contributed by atoms with Crippen molar-refractivity contribution >= 4 is 46.7 Å². The standard InChI is InChI=1S/C20H19NO4S2/c1-4-21-12-11-13(14-7-5-6-8-15(14)21)9-10-16-26-17(19(22)24-2)18(27-16)20(23)25-3/h5-12H,4H2,1-3H3/b13-9-. The SMILES string of the molecule is CCN1C=C/C(=C/C=C2SC(C(=O)OC)=C(C(=O)OC)S2)c2ccccc21. The van der Waals surface area contributed by atoms with Crippen molar-refractivity contribution in [1.29, 1.82) is 0 Å². The van der Waals surface area contributed by atoms with Crippen LogP contribution in [-0.2, 0) is 19.1 Å². The summed E-state index contributed by atoms with van der Waals surface area (Å²) in [6.07, 6.45) is 8.02. The second-order valence-corrected chi connectivity index (χ2v) is 7.93. The molecule has 0 amide bonds. The molecule has 0 spiro atoms. The fourth-order valence-corrected chi connectivity index (χ4v) is 5.00. The van der Waals surface area contributed by atoms with Crippen molar-refractivity contribution in [3.05, 3.63) is 68.3 Å².